The predicted octanol–water partition coefficient (Wildman–Crippen LogP) is 5.39. The van der Waals surface area contributed by atoms with Gasteiger partial charge in [-0.3, -0.25) is 0 Å². The van der Waals surface area contributed by atoms with Gasteiger partial charge in [0.1, 0.15) is 5.75 Å². The number of alkyl halides is 3. The van der Waals surface area contributed by atoms with Crippen LogP contribution in [0.2, 0.25) is 0 Å². The van der Waals surface area contributed by atoms with E-state index >= 15 is 0 Å². The second-order valence-electron chi connectivity index (χ2n) is 4.19. The van der Waals surface area contributed by atoms with Gasteiger partial charge in [0.05, 0.1) is 12.7 Å². The second kappa shape index (κ2) is 6.72. The van der Waals surface area contributed by atoms with Crippen molar-refractivity contribution < 1.29 is 17.9 Å². The number of thioether (sulfide) groups is 1. The summed E-state index contributed by atoms with van der Waals surface area (Å²) in [6.45, 7) is 0. The van der Waals surface area contributed by atoms with Crippen molar-refractivity contribution in [2.24, 2.45) is 0 Å². The minimum absolute atomic E-state index is 0.117. The van der Waals surface area contributed by atoms with Gasteiger partial charge < -0.3 is 4.74 Å². The Balaban J connectivity index is 2.30. The summed E-state index contributed by atoms with van der Waals surface area (Å²) < 4.78 is 44.5. The van der Waals surface area contributed by atoms with E-state index in [-0.39, 0.29) is 5.56 Å². The molecule has 0 N–H and O–H groups in total. The molecule has 1 nitrogen and oxygen atoms in total. The van der Waals surface area contributed by atoms with Crippen LogP contribution in [0.15, 0.2) is 64.9 Å². The van der Waals surface area contributed by atoms with E-state index in [1.807, 2.05) is 6.07 Å². The van der Waals surface area contributed by atoms with Crippen molar-refractivity contribution in [3.8, 4) is 5.75 Å². The predicted molar refractivity (Wildman–Crippen MR) is 79.3 cm³/mol. The van der Waals surface area contributed by atoms with Gasteiger partial charge in [0.25, 0.3) is 0 Å². The summed E-state index contributed by atoms with van der Waals surface area (Å²) in [7, 11) is 1.47. The lowest BCUT2D eigenvalue weighted by molar-refractivity contribution is -0.0687. The van der Waals surface area contributed by atoms with Crippen molar-refractivity contribution in [2.45, 2.75) is 11.1 Å². The smallest absolute Gasteiger partial charge is 0.417 e. The van der Waals surface area contributed by atoms with E-state index < -0.39 is 11.7 Å². The highest BCUT2D eigenvalue weighted by molar-refractivity contribution is 8.02. The molecule has 0 saturated heterocycles. The number of methoxy groups -OCH3 is 1. The number of ether oxygens (including phenoxy) is 1. The van der Waals surface area contributed by atoms with Crippen molar-refractivity contribution in [3.05, 3.63) is 65.6 Å². The van der Waals surface area contributed by atoms with Gasteiger partial charge in [-0.15, -0.1) is 0 Å². The van der Waals surface area contributed by atoms with Crippen LogP contribution in [0.5, 0.6) is 5.75 Å². The number of rotatable bonds is 4. The van der Waals surface area contributed by atoms with Crippen molar-refractivity contribution in [2.75, 3.05) is 7.11 Å². The molecule has 0 radical (unpaired) electrons. The average molecular weight is 310 g/mol. The molecule has 0 heterocycles. The number of hydrogen-bond acceptors (Lipinski definition) is 2. The van der Waals surface area contributed by atoms with Gasteiger partial charge in [-0.05, 0) is 35.2 Å². The lowest BCUT2D eigenvalue weighted by atomic mass is 10.1. The Morgan fingerprint density at radius 1 is 1.00 bits per heavy atom. The van der Waals surface area contributed by atoms with Gasteiger partial charge >= 0.3 is 6.18 Å². The fourth-order valence-electron chi connectivity index (χ4n) is 1.70. The molecule has 0 saturated carbocycles. The molecule has 5 heteroatoms. The van der Waals surface area contributed by atoms with Crippen LogP contribution < -0.4 is 4.74 Å². The van der Waals surface area contributed by atoms with Gasteiger partial charge in [-0.2, -0.15) is 13.2 Å². The maximum atomic E-state index is 13.2. The Bertz CT molecular complexity index is 604. The molecule has 110 valence electrons. The molecule has 2 aromatic carbocycles. The Morgan fingerprint density at radius 2 is 1.62 bits per heavy atom. The van der Waals surface area contributed by atoms with Crippen molar-refractivity contribution in [1.82, 2.24) is 0 Å². The van der Waals surface area contributed by atoms with Crippen molar-refractivity contribution in [1.29, 1.82) is 0 Å². The minimum atomic E-state index is -4.41. The summed E-state index contributed by atoms with van der Waals surface area (Å²) in [5.74, 6) is 0.524. The SMILES string of the molecule is COc1ccc(C(=CSc2ccccc2)C(F)(F)F)cc1. The lowest BCUT2D eigenvalue weighted by Gasteiger charge is -2.12. The summed E-state index contributed by atoms with van der Waals surface area (Å²) in [6, 6.07) is 14.8. The normalized spacial score (nSPS) is 12.3. The zero-order chi connectivity index (χ0) is 15.3. The average Bonchev–Trinajstić information content (AvgIpc) is 2.48. The molecular weight excluding hydrogens is 297 g/mol. The van der Waals surface area contributed by atoms with Crippen LogP contribution in [0.1, 0.15) is 5.56 Å². The highest BCUT2D eigenvalue weighted by atomic mass is 32.2. The first-order chi connectivity index (χ1) is 10.0. The van der Waals surface area contributed by atoms with Crippen LogP contribution in [0.3, 0.4) is 0 Å². The fourth-order valence-corrected chi connectivity index (χ4v) is 2.53. The van der Waals surface area contributed by atoms with E-state index in [1.54, 1.807) is 24.3 Å². The number of allylic oxidation sites excluding steroid dienone is 1. The first-order valence-electron chi connectivity index (χ1n) is 6.14. The number of hydrogen-bond donors (Lipinski definition) is 0. The van der Waals surface area contributed by atoms with E-state index in [1.165, 1.54) is 31.4 Å². The first-order valence-corrected chi connectivity index (χ1v) is 7.02. The Hall–Kier alpha value is -1.88. The van der Waals surface area contributed by atoms with E-state index in [2.05, 4.69) is 0 Å². The fraction of sp³-hybridized carbons (Fsp3) is 0.125. The van der Waals surface area contributed by atoms with Gasteiger partial charge in [-0.25, -0.2) is 0 Å². The second-order valence-corrected chi connectivity index (χ2v) is 5.13. The Labute approximate surface area is 125 Å². The number of benzene rings is 2. The molecular formula is C16H13F3OS. The third kappa shape index (κ3) is 4.29. The van der Waals surface area contributed by atoms with Crippen LogP contribution in [-0.4, -0.2) is 13.3 Å². The summed E-state index contributed by atoms with van der Waals surface area (Å²) >= 11 is 1.05. The molecule has 0 atom stereocenters. The standard InChI is InChI=1S/C16H13F3OS/c1-20-13-9-7-12(8-10-13)15(16(17,18)19)11-21-14-5-3-2-4-6-14/h2-11H,1H3. The molecule has 0 spiro atoms. The van der Waals surface area contributed by atoms with Crippen LogP contribution in [0, 0.1) is 0 Å². The summed E-state index contributed by atoms with van der Waals surface area (Å²) in [4.78, 5) is 0.757. The van der Waals surface area contributed by atoms with E-state index in [0.29, 0.717) is 5.75 Å². The summed E-state index contributed by atoms with van der Waals surface area (Å²) in [6.07, 6.45) is -4.41. The molecule has 0 bridgehead atoms. The molecule has 2 rings (SSSR count). The topological polar surface area (TPSA) is 9.23 Å². The third-order valence-electron chi connectivity index (χ3n) is 2.76. The summed E-state index contributed by atoms with van der Waals surface area (Å²) in [5, 5.41) is 1.14. The summed E-state index contributed by atoms with van der Waals surface area (Å²) in [5.41, 5.74) is -0.550. The minimum Gasteiger partial charge on any atom is -0.497 e. The van der Waals surface area contributed by atoms with Gasteiger partial charge in [0, 0.05) is 4.90 Å². The highest BCUT2D eigenvalue weighted by Crippen LogP contribution is 2.37. The van der Waals surface area contributed by atoms with Gasteiger partial charge in [0.15, 0.2) is 0 Å². The quantitative estimate of drug-likeness (QED) is 0.700. The molecule has 0 aliphatic rings. The first kappa shape index (κ1) is 15.5. The third-order valence-corrected chi connectivity index (χ3v) is 3.66. The van der Waals surface area contributed by atoms with E-state index in [4.69, 9.17) is 4.74 Å². The molecule has 0 amide bonds. The van der Waals surface area contributed by atoms with E-state index in [0.717, 1.165) is 22.1 Å². The Morgan fingerprint density at radius 3 is 2.14 bits per heavy atom. The van der Waals surface area contributed by atoms with Gasteiger partial charge in [0.2, 0.25) is 0 Å². The molecule has 2 aromatic rings. The maximum absolute atomic E-state index is 13.2. The molecule has 0 aliphatic heterocycles. The van der Waals surface area contributed by atoms with Crippen molar-refractivity contribution in [3.63, 3.8) is 0 Å². The zero-order valence-electron chi connectivity index (χ0n) is 11.2. The monoisotopic (exact) mass is 310 g/mol. The molecule has 21 heavy (non-hydrogen) atoms. The molecule has 0 aliphatic carbocycles. The van der Waals surface area contributed by atoms with Crippen LogP contribution in [0.4, 0.5) is 13.2 Å². The zero-order valence-corrected chi connectivity index (χ0v) is 12.0. The van der Waals surface area contributed by atoms with Crippen LogP contribution >= 0.6 is 11.8 Å². The van der Waals surface area contributed by atoms with Crippen molar-refractivity contribution >= 4 is 17.3 Å². The molecule has 0 fully saturated rings. The van der Waals surface area contributed by atoms with Crippen LogP contribution in [0.25, 0.3) is 5.57 Å². The largest absolute Gasteiger partial charge is 0.497 e. The maximum Gasteiger partial charge on any atom is 0.417 e. The lowest BCUT2D eigenvalue weighted by Crippen LogP contribution is -2.10. The number of halogens is 3. The molecule has 0 unspecified atom stereocenters. The van der Waals surface area contributed by atoms with Crippen LogP contribution in [-0.2, 0) is 0 Å². The Kier molecular flexibility index (Phi) is 4.96. The van der Waals surface area contributed by atoms with E-state index in [9.17, 15) is 13.2 Å². The van der Waals surface area contributed by atoms with Gasteiger partial charge in [-0.1, -0.05) is 42.1 Å². The highest BCUT2D eigenvalue weighted by Gasteiger charge is 2.34. The molecule has 0 aromatic heterocycles.